The molecular weight excluding hydrogens is 397 g/mol. The molecule has 2 heterocycles. The van der Waals surface area contributed by atoms with E-state index in [1.807, 2.05) is 6.92 Å². The van der Waals surface area contributed by atoms with E-state index in [9.17, 15) is 9.36 Å². The molecule has 0 aromatic carbocycles. The fourth-order valence-corrected chi connectivity index (χ4v) is 3.84. The Morgan fingerprint density at radius 1 is 1.63 bits per heavy atom. The molecule has 13 heteroatoms. The third-order valence-corrected chi connectivity index (χ3v) is 5.32. The van der Waals surface area contributed by atoms with Crippen molar-refractivity contribution in [3.8, 4) is 0 Å². The molecule has 1 aliphatic heterocycles. The van der Waals surface area contributed by atoms with Crippen molar-refractivity contribution in [2.75, 3.05) is 45.2 Å². The van der Waals surface area contributed by atoms with Crippen molar-refractivity contribution in [1.82, 2.24) is 14.0 Å². The third kappa shape index (κ3) is 6.01. The zero-order valence-corrected chi connectivity index (χ0v) is 16.7. The zero-order chi connectivity index (χ0) is 19.6. The molecule has 2 unspecified atom stereocenters. The number of aromatic nitrogens is 2. The summed E-state index contributed by atoms with van der Waals surface area (Å²) in [7, 11) is -0.820. The normalized spacial score (nSPS) is 18.7. The van der Waals surface area contributed by atoms with Gasteiger partial charge in [0.1, 0.15) is 6.61 Å². The van der Waals surface area contributed by atoms with E-state index in [1.54, 1.807) is 4.67 Å². The van der Waals surface area contributed by atoms with Gasteiger partial charge < -0.3 is 19.0 Å². The summed E-state index contributed by atoms with van der Waals surface area (Å²) in [6.45, 7) is 7.15. The van der Waals surface area contributed by atoms with Gasteiger partial charge in [-0.2, -0.15) is 9.36 Å². The van der Waals surface area contributed by atoms with Gasteiger partial charge in [-0.25, -0.2) is 4.79 Å². The summed E-state index contributed by atoms with van der Waals surface area (Å²) in [5.41, 5.74) is -0.197. The molecular formula is C14H21N5O6PS+. The predicted molar refractivity (Wildman–Crippen MR) is 98.8 cm³/mol. The van der Waals surface area contributed by atoms with Crippen LogP contribution in [-0.4, -0.2) is 72.0 Å². The van der Waals surface area contributed by atoms with E-state index < -0.39 is 20.3 Å². The van der Waals surface area contributed by atoms with Crippen LogP contribution in [0.5, 0.6) is 0 Å². The van der Waals surface area contributed by atoms with Crippen LogP contribution in [-0.2, 0) is 28.4 Å². The molecule has 1 fully saturated rings. The Bertz CT molecular complexity index is 697. The van der Waals surface area contributed by atoms with Gasteiger partial charge in [-0.05, 0) is 16.2 Å². The molecule has 1 N–H and O–H groups in total. The highest BCUT2D eigenvalue weighted by Gasteiger charge is 2.40. The van der Waals surface area contributed by atoms with E-state index >= 15 is 0 Å². The first-order valence-electron chi connectivity index (χ1n) is 8.03. The lowest BCUT2D eigenvalue weighted by atomic mass is 10.4. The van der Waals surface area contributed by atoms with E-state index in [1.165, 1.54) is 13.2 Å². The number of carbonyl (C=O) groups excluding carboxylic acids is 1. The molecule has 0 bridgehead atoms. The standard InChI is InChI=1S/C14H21N5O6PS/c1-4-7-25-16-11(13(20)22-3)12-15-14(27-18-12)17-26(21)19-6-8-23-9-10(19)24-5-2/h4,10H,1,5-9H2,2-3H3,(H,15,17,18,21)/q+1. The SMILES string of the molecule is C=CCON=C(C(=O)OC)c1nsc(N[P+](=O)N2CCOCC2OCC)n1. The first kappa shape index (κ1) is 21.3. The number of oxime groups is 1. The van der Waals surface area contributed by atoms with Gasteiger partial charge in [-0.15, -0.1) is 5.09 Å². The number of ether oxygens (including phenoxy) is 3. The maximum absolute atomic E-state index is 12.6. The van der Waals surface area contributed by atoms with Gasteiger partial charge in [-0.3, -0.25) is 0 Å². The number of hydrogen-bond acceptors (Lipinski definition) is 10. The lowest BCUT2D eigenvalue weighted by molar-refractivity contribution is -0.132. The van der Waals surface area contributed by atoms with Gasteiger partial charge in [0.15, 0.2) is 6.23 Å². The van der Waals surface area contributed by atoms with Crippen LogP contribution in [0, 0.1) is 0 Å². The average molecular weight is 418 g/mol. The summed E-state index contributed by atoms with van der Waals surface area (Å²) < 4.78 is 33.9. The van der Waals surface area contributed by atoms with E-state index in [2.05, 4.69) is 30.9 Å². The van der Waals surface area contributed by atoms with Gasteiger partial charge >= 0.3 is 14.1 Å². The molecule has 2 rings (SSSR count). The molecule has 0 spiro atoms. The topological polar surface area (TPSA) is 124 Å². The largest absolute Gasteiger partial charge is 0.569 e. The summed E-state index contributed by atoms with van der Waals surface area (Å²) in [5.74, 6) is -0.748. The van der Waals surface area contributed by atoms with E-state index in [0.29, 0.717) is 26.4 Å². The number of morpholine rings is 1. The molecule has 148 valence electrons. The van der Waals surface area contributed by atoms with Crippen molar-refractivity contribution in [1.29, 1.82) is 0 Å². The van der Waals surface area contributed by atoms with Gasteiger partial charge in [0.2, 0.25) is 16.7 Å². The van der Waals surface area contributed by atoms with Crippen LogP contribution in [0.15, 0.2) is 17.8 Å². The van der Waals surface area contributed by atoms with Crippen molar-refractivity contribution in [2.45, 2.75) is 13.2 Å². The molecule has 1 aromatic rings. The number of hydrogen-bond donors (Lipinski definition) is 1. The summed E-state index contributed by atoms with van der Waals surface area (Å²) in [4.78, 5) is 20.9. The summed E-state index contributed by atoms with van der Waals surface area (Å²) >= 11 is 0.933. The van der Waals surface area contributed by atoms with E-state index in [-0.39, 0.29) is 23.3 Å². The molecule has 1 aliphatic rings. The van der Waals surface area contributed by atoms with Crippen LogP contribution in [0.3, 0.4) is 0 Å². The van der Waals surface area contributed by atoms with Crippen LogP contribution >= 0.6 is 19.6 Å². The number of nitrogens with zero attached hydrogens (tertiary/aromatic N) is 4. The lowest BCUT2D eigenvalue weighted by Crippen LogP contribution is -2.43. The number of esters is 1. The summed E-state index contributed by atoms with van der Waals surface area (Å²) in [5, 5.41) is 6.72. The number of carbonyl (C=O) groups is 1. The maximum atomic E-state index is 12.6. The van der Waals surface area contributed by atoms with Crippen LogP contribution in [0.25, 0.3) is 0 Å². The second-order valence-corrected chi connectivity index (χ2v) is 7.01. The number of nitrogens with one attached hydrogen (secondary N) is 1. The van der Waals surface area contributed by atoms with Crippen LogP contribution < -0.4 is 5.09 Å². The zero-order valence-electron chi connectivity index (χ0n) is 15.0. The summed E-state index contributed by atoms with van der Waals surface area (Å²) in [6.07, 6.45) is 1.06. The Balaban J connectivity index is 2.08. The molecule has 2 atom stereocenters. The van der Waals surface area contributed by atoms with Crippen molar-refractivity contribution < 1.29 is 28.4 Å². The highest BCUT2D eigenvalue weighted by atomic mass is 32.1. The van der Waals surface area contributed by atoms with E-state index in [0.717, 1.165) is 11.5 Å². The Labute approximate surface area is 161 Å². The molecule has 27 heavy (non-hydrogen) atoms. The monoisotopic (exact) mass is 418 g/mol. The fraction of sp³-hybridized carbons (Fsp3) is 0.571. The summed E-state index contributed by atoms with van der Waals surface area (Å²) in [6, 6.07) is 0. The third-order valence-electron chi connectivity index (χ3n) is 3.21. The highest BCUT2D eigenvalue weighted by Crippen LogP contribution is 2.33. The smallest absolute Gasteiger partial charge is 0.464 e. The Kier molecular flexibility index (Phi) is 8.69. The minimum Gasteiger partial charge on any atom is -0.464 e. The Morgan fingerprint density at radius 3 is 3.15 bits per heavy atom. The Morgan fingerprint density at radius 2 is 2.44 bits per heavy atom. The second kappa shape index (κ2) is 11.0. The first-order valence-corrected chi connectivity index (χ1v) is 10.0. The van der Waals surface area contributed by atoms with E-state index in [4.69, 9.17) is 14.3 Å². The van der Waals surface area contributed by atoms with Crippen LogP contribution in [0.1, 0.15) is 12.7 Å². The van der Waals surface area contributed by atoms with Gasteiger partial charge in [0, 0.05) is 18.1 Å². The van der Waals surface area contributed by atoms with Gasteiger partial charge in [0.05, 0.1) is 26.9 Å². The van der Waals surface area contributed by atoms with Gasteiger partial charge in [-0.1, -0.05) is 17.8 Å². The number of anilines is 1. The molecule has 11 nitrogen and oxygen atoms in total. The van der Waals surface area contributed by atoms with Gasteiger partial charge in [0.25, 0.3) is 0 Å². The molecule has 0 amide bonds. The lowest BCUT2D eigenvalue weighted by Gasteiger charge is -2.26. The number of methoxy groups -OCH3 is 1. The molecule has 0 saturated carbocycles. The predicted octanol–water partition coefficient (Wildman–Crippen LogP) is 1.38. The van der Waals surface area contributed by atoms with Crippen molar-refractivity contribution >= 4 is 36.4 Å². The van der Waals surface area contributed by atoms with Crippen molar-refractivity contribution in [3.63, 3.8) is 0 Å². The Hall–Kier alpha value is -1.98. The minimum absolute atomic E-state index is 0.00477. The second-order valence-electron chi connectivity index (χ2n) is 4.97. The average Bonchev–Trinajstić information content (AvgIpc) is 3.13. The van der Waals surface area contributed by atoms with Crippen molar-refractivity contribution in [2.24, 2.45) is 5.16 Å². The molecule has 0 aliphatic carbocycles. The molecule has 1 aromatic heterocycles. The van der Waals surface area contributed by atoms with Crippen molar-refractivity contribution in [3.05, 3.63) is 18.5 Å². The molecule has 0 radical (unpaired) electrons. The molecule has 1 saturated heterocycles. The highest BCUT2D eigenvalue weighted by molar-refractivity contribution is 7.44. The van der Waals surface area contributed by atoms with Crippen LogP contribution in [0.4, 0.5) is 5.13 Å². The quantitative estimate of drug-likeness (QED) is 0.149. The first-order chi connectivity index (χ1) is 13.1. The van der Waals surface area contributed by atoms with Crippen LogP contribution in [0.2, 0.25) is 0 Å². The number of rotatable bonds is 10. The fourth-order valence-electron chi connectivity index (χ4n) is 2.04. The minimum atomic E-state index is -2.03. The maximum Gasteiger partial charge on any atom is 0.569 e.